The quantitative estimate of drug-likeness (QED) is 0.302. The van der Waals surface area contributed by atoms with E-state index in [1.807, 2.05) is 30.9 Å². The van der Waals surface area contributed by atoms with E-state index in [-0.39, 0.29) is 30.9 Å². The summed E-state index contributed by atoms with van der Waals surface area (Å²) in [5.41, 5.74) is 10.4. The minimum atomic E-state index is -0.0326. The molecule has 0 radical (unpaired) electrons. The van der Waals surface area contributed by atoms with Gasteiger partial charge in [0.15, 0.2) is 0 Å². The average molecular weight is 508 g/mol. The molecule has 1 unspecified atom stereocenters. The van der Waals surface area contributed by atoms with Gasteiger partial charge in [-0.2, -0.15) is 0 Å². The van der Waals surface area contributed by atoms with Crippen molar-refractivity contribution in [1.82, 2.24) is 20.2 Å². The first-order valence-corrected chi connectivity index (χ1v) is 12.9. The van der Waals surface area contributed by atoms with Crippen molar-refractivity contribution in [2.24, 2.45) is 10.7 Å². The lowest BCUT2D eigenvalue weighted by Gasteiger charge is -2.40. The molecule has 2 heterocycles. The predicted molar refractivity (Wildman–Crippen MR) is 144 cm³/mol. The van der Waals surface area contributed by atoms with E-state index < -0.39 is 0 Å². The number of aliphatic hydroxyl groups excluding tert-OH is 1. The Morgan fingerprint density at radius 3 is 2.92 bits per heavy atom. The number of aryl methyl sites for hydroxylation is 1. The van der Waals surface area contributed by atoms with Crippen molar-refractivity contribution >= 4 is 18.2 Å². The Labute approximate surface area is 218 Å². The monoisotopic (exact) mass is 507 g/mol. The second-order valence-corrected chi connectivity index (χ2v) is 9.64. The van der Waals surface area contributed by atoms with Gasteiger partial charge in [-0.25, -0.2) is 14.8 Å². The standard InChI is InChI=1S/C27H37N7O3/c1-18(2)37-22-16-34(17-22)27(36)33-25-6-4-3-5-19-13-20(7-8-23(19)25)24-9-10-30-26(32-24)31-21(14-28)15-29-11-12-35/h7-10,13-15,18,22,25,35H,3-6,11-12,16-17,28H2,1-2H3,(H,33,36)(H,30,31,32)/b21-14+,29-15?. The summed E-state index contributed by atoms with van der Waals surface area (Å²) in [6.45, 7) is 5.57. The Kier molecular flexibility index (Phi) is 9.08. The summed E-state index contributed by atoms with van der Waals surface area (Å²) in [6, 6.07) is 8.17. The molecule has 1 saturated heterocycles. The van der Waals surface area contributed by atoms with Gasteiger partial charge in [-0.3, -0.25) is 4.99 Å². The van der Waals surface area contributed by atoms with E-state index in [2.05, 4.69) is 37.7 Å². The largest absolute Gasteiger partial charge is 0.403 e. The van der Waals surface area contributed by atoms with Crippen molar-refractivity contribution < 1.29 is 14.6 Å². The molecule has 0 spiro atoms. The lowest BCUT2D eigenvalue weighted by molar-refractivity contribution is -0.0644. The Bertz CT molecular complexity index is 1130. The highest BCUT2D eigenvalue weighted by atomic mass is 16.5. The van der Waals surface area contributed by atoms with E-state index >= 15 is 0 Å². The first-order valence-electron chi connectivity index (χ1n) is 12.9. The van der Waals surface area contributed by atoms with Gasteiger partial charge in [-0.05, 0) is 56.4 Å². The Morgan fingerprint density at radius 1 is 1.32 bits per heavy atom. The maximum atomic E-state index is 12.9. The molecular formula is C27H37N7O3. The Hall–Kier alpha value is -3.50. The van der Waals surface area contributed by atoms with E-state index in [0.717, 1.165) is 36.9 Å². The number of hydrogen-bond acceptors (Lipinski definition) is 8. The number of nitrogens with zero attached hydrogens (tertiary/aromatic N) is 4. The molecule has 1 aliphatic carbocycles. The number of allylic oxidation sites excluding steroid dienone is 1. The minimum Gasteiger partial charge on any atom is -0.403 e. The van der Waals surface area contributed by atoms with E-state index in [0.29, 0.717) is 31.3 Å². The molecule has 0 saturated carbocycles. The molecule has 2 aromatic rings. The fourth-order valence-electron chi connectivity index (χ4n) is 4.65. The number of carbonyl (C=O) groups excluding carboxylic acids is 1. The number of nitrogens with two attached hydrogens (primary N) is 1. The van der Waals surface area contributed by atoms with Crippen LogP contribution in [-0.4, -0.2) is 70.7 Å². The third kappa shape index (κ3) is 7.05. The summed E-state index contributed by atoms with van der Waals surface area (Å²) in [6.07, 6.45) is 8.93. The van der Waals surface area contributed by atoms with E-state index in [1.54, 1.807) is 12.4 Å². The van der Waals surface area contributed by atoms with Crippen molar-refractivity contribution in [3.05, 3.63) is 53.5 Å². The fraction of sp³-hybridized carbons (Fsp3) is 0.481. The Morgan fingerprint density at radius 2 is 2.16 bits per heavy atom. The molecule has 1 aromatic heterocycles. The maximum Gasteiger partial charge on any atom is 0.318 e. The van der Waals surface area contributed by atoms with Crippen LogP contribution in [-0.2, 0) is 11.2 Å². The van der Waals surface area contributed by atoms with Gasteiger partial charge in [-0.15, -0.1) is 0 Å². The molecule has 10 nitrogen and oxygen atoms in total. The van der Waals surface area contributed by atoms with E-state index in [4.69, 9.17) is 15.6 Å². The van der Waals surface area contributed by atoms with E-state index in [9.17, 15) is 4.79 Å². The number of likely N-dealkylation sites (tertiary alicyclic amines) is 1. The fourth-order valence-corrected chi connectivity index (χ4v) is 4.65. The molecule has 2 aliphatic rings. The summed E-state index contributed by atoms with van der Waals surface area (Å²) in [7, 11) is 0. The molecule has 4 rings (SSSR count). The highest BCUT2D eigenvalue weighted by Gasteiger charge is 2.33. The van der Waals surface area contributed by atoms with Crippen LogP contribution in [0.3, 0.4) is 0 Å². The molecule has 198 valence electrons. The number of rotatable bonds is 9. The van der Waals surface area contributed by atoms with Crippen molar-refractivity contribution in [2.45, 2.75) is 57.8 Å². The van der Waals surface area contributed by atoms with Gasteiger partial charge in [0, 0.05) is 24.2 Å². The van der Waals surface area contributed by atoms with Crippen LogP contribution in [0.25, 0.3) is 11.3 Å². The summed E-state index contributed by atoms with van der Waals surface area (Å²) >= 11 is 0. The zero-order chi connectivity index (χ0) is 26.2. The normalized spacial score (nSPS) is 18.4. The van der Waals surface area contributed by atoms with Gasteiger partial charge in [-0.1, -0.05) is 18.6 Å². The molecular weight excluding hydrogens is 470 g/mol. The number of carbonyl (C=O) groups is 1. The molecule has 5 N–H and O–H groups in total. The summed E-state index contributed by atoms with van der Waals surface area (Å²) in [5.74, 6) is 0.402. The number of aliphatic imine (C=N–C) groups is 1. The highest BCUT2D eigenvalue weighted by molar-refractivity contribution is 5.82. The van der Waals surface area contributed by atoms with Gasteiger partial charge in [0.2, 0.25) is 5.95 Å². The molecule has 37 heavy (non-hydrogen) atoms. The third-order valence-electron chi connectivity index (χ3n) is 6.45. The van der Waals surface area contributed by atoms with Crippen LogP contribution in [0, 0.1) is 0 Å². The topological polar surface area (TPSA) is 138 Å². The average Bonchev–Trinajstić information content (AvgIpc) is 3.07. The second kappa shape index (κ2) is 12.6. The van der Waals surface area contributed by atoms with Gasteiger partial charge >= 0.3 is 6.03 Å². The number of benzene rings is 1. The first kappa shape index (κ1) is 26.6. The predicted octanol–water partition coefficient (Wildman–Crippen LogP) is 3.00. The van der Waals surface area contributed by atoms with Crippen molar-refractivity contribution in [2.75, 3.05) is 31.6 Å². The number of amides is 2. The van der Waals surface area contributed by atoms with E-state index in [1.165, 1.54) is 17.3 Å². The zero-order valence-electron chi connectivity index (χ0n) is 21.6. The van der Waals surface area contributed by atoms with Crippen LogP contribution in [0.5, 0.6) is 0 Å². The summed E-state index contributed by atoms with van der Waals surface area (Å²) in [4.78, 5) is 27.7. The van der Waals surface area contributed by atoms with Crippen LogP contribution in [0.15, 0.2) is 47.4 Å². The van der Waals surface area contributed by atoms with Crippen LogP contribution in [0.4, 0.5) is 10.7 Å². The van der Waals surface area contributed by atoms with Gasteiger partial charge in [0.1, 0.15) is 0 Å². The maximum absolute atomic E-state index is 12.9. The second-order valence-electron chi connectivity index (χ2n) is 9.64. The molecule has 1 fully saturated rings. The van der Waals surface area contributed by atoms with Gasteiger partial charge in [0.25, 0.3) is 0 Å². The molecule has 1 aliphatic heterocycles. The number of ether oxygens (including phenoxy) is 1. The summed E-state index contributed by atoms with van der Waals surface area (Å²) in [5, 5.41) is 15.2. The van der Waals surface area contributed by atoms with Crippen LogP contribution in [0.2, 0.25) is 0 Å². The van der Waals surface area contributed by atoms with Gasteiger partial charge in [0.05, 0.1) is 55.9 Å². The lowest BCUT2D eigenvalue weighted by atomic mass is 9.95. The SMILES string of the molecule is CC(C)OC1CN(C(=O)NC2CCCCc3cc(-c4ccnc(N/C(C=NCCO)=C/N)n4)ccc32)C1. The first-order chi connectivity index (χ1) is 18.0. The molecule has 1 atom stereocenters. The number of urea groups is 1. The molecule has 10 heteroatoms. The van der Waals surface area contributed by atoms with Gasteiger partial charge < -0.3 is 31.1 Å². The van der Waals surface area contributed by atoms with Crippen LogP contribution in [0.1, 0.15) is 50.3 Å². The molecule has 1 aromatic carbocycles. The number of fused-ring (bicyclic) bond motifs is 1. The Balaban J connectivity index is 1.45. The third-order valence-corrected chi connectivity index (χ3v) is 6.45. The zero-order valence-corrected chi connectivity index (χ0v) is 21.6. The van der Waals surface area contributed by atoms with Crippen molar-refractivity contribution in [3.63, 3.8) is 0 Å². The van der Waals surface area contributed by atoms with Crippen LogP contribution >= 0.6 is 0 Å². The number of aromatic nitrogens is 2. The number of nitrogens with one attached hydrogen (secondary N) is 2. The van der Waals surface area contributed by atoms with Crippen LogP contribution < -0.4 is 16.4 Å². The lowest BCUT2D eigenvalue weighted by Crippen LogP contribution is -2.58. The smallest absolute Gasteiger partial charge is 0.318 e. The van der Waals surface area contributed by atoms with Crippen molar-refractivity contribution in [1.29, 1.82) is 0 Å². The molecule has 0 bridgehead atoms. The van der Waals surface area contributed by atoms with Crippen molar-refractivity contribution in [3.8, 4) is 11.3 Å². The molecule has 2 amide bonds. The highest BCUT2D eigenvalue weighted by Crippen LogP contribution is 2.32. The number of anilines is 1. The minimum absolute atomic E-state index is 0.0119. The number of aliphatic hydroxyl groups is 1. The summed E-state index contributed by atoms with van der Waals surface area (Å²) < 4.78 is 5.78. The number of hydrogen-bond donors (Lipinski definition) is 4.